The summed E-state index contributed by atoms with van der Waals surface area (Å²) in [7, 11) is 1.62. The third-order valence-corrected chi connectivity index (χ3v) is 4.47. The zero-order chi connectivity index (χ0) is 18.5. The van der Waals surface area contributed by atoms with Gasteiger partial charge in [0.2, 0.25) is 5.91 Å². The smallest absolute Gasteiger partial charge is 0.274 e. The number of hydrogen-bond acceptors (Lipinski definition) is 5. The van der Waals surface area contributed by atoms with Crippen LogP contribution in [0.15, 0.2) is 48.5 Å². The lowest BCUT2D eigenvalue weighted by Gasteiger charge is -2.29. The Morgan fingerprint density at radius 2 is 1.92 bits per heavy atom. The Hall–Kier alpha value is -3.06. The second-order valence-electron chi connectivity index (χ2n) is 6.06. The van der Waals surface area contributed by atoms with Crippen molar-refractivity contribution in [2.24, 2.45) is 0 Å². The van der Waals surface area contributed by atoms with E-state index in [1.165, 1.54) is 0 Å². The highest BCUT2D eigenvalue weighted by atomic mass is 16.5. The summed E-state index contributed by atoms with van der Waals surface area (Å²) < 4.78 is 5.19. The number of nitrogens with zero attached hydrogens (tertiary/aromatic N) is 1. The second-order valence-corrected chi connectivity index (χ2v) is 6.06. The van der Waals surface area contributed by atoms with Gasteiger partial charge in [-0.3, -0.25) is 14.8 Å². The minimum absolute atomic E-state index is 0.00399. The molecule has 7 heteroatoms. The number of nitrogens with one attached hydrogen (secondary N) is 2. The lowest BCUT2D eigenvalue weighted by atomic mass is 10.1. The molecule has 1 saturated heterocycles. The summed E-state index contributed by atoms with van der Waals surface area (Å²) in [5, 5.41) is 11.6. The molecule has 7 nitrogen and oxygen atoms in total. The van der Waals surface area contributed by atoms with Crippen molar-refractivity contribution in [1.29, 1.82) is 0 Å². The number of carbonyl (C=O) groups excluding carboxylic acids is 2. The fraction of sp³-hybridized carbons (Fsp3) is 0.263. The van der Waals surface area contributed by atoms with Gasteiger partial charge >= 0.3 is 0 Å². The van der Waals surface area contributed by atoms with Gasteiger partial charge in [0.25, 0.3) is 5.91 Å². The number of benzene rings is 2. The normalized spacial score (nSPS) is 16.1. The Bertz CT molecular complexity index is 774. The summed E-state index contributed by atoms with van der Waals surface area (Å²) in [5.74, 6) is 0.200. The van der Waals surface area contributed by atoms with Gasteiger partial charge in [0.05, 0.1) is 7.11 Å². The molecule has 0 aromatic heterocycles. The van der Waals surface area contributed by atoms with Crippen molar-refractivity contribution in [3.05, 3.63) is 59.7 Å². The maximum absolute atomic E-state index is 12.2. The van der Waals surface area contributed by atoms with E-state index in [0.29, 0.717) is 25.1 Å². The molecular weight excluding hydrogens is 334 g/mol. The molecule has 26 heavy (non-hydrogen) atoms. The first-order valence-corrected chi connectivity index (χ1v) is 8.34. The Kier molecular flexibility index (Phi) is 5.38. The Labute approximate surface area is 151 Å². The first-order valence-electron chi connectivity index (χ1n) is 8.34. The van der Waals surface area contributed by atoms with E-state index in [-0.39, 0.29) is 11.9 Å². The third kappa shape index (κ3) is 3.78. The Morgan fingerprint density at radius 3 is 2.46 bits per heavy atom. The average Bonchev–Trinajstić information content (AvgIpc) is 3.11. The van der Waals surface area contributed by atoms with Gasteiger partial charge in [-0.25, -0.2) is 5.48 Å². The number of amides is 2. The monoisotopic (exact) mass is 355 g/mol. The standard InChI is InChI=1S/C19H21N3O4/c1-26-16-8-2-13(3-9-16)12-22(17-10-11-20-19(17)24)15-6-4-14(5-7-15)18(23)21-25/h2-9,17,25H,10-12H2,1H3,(H,20,24)(H,21,23). The third-order valence-electron chi connectivity index (χ3n) is 4.47. The zero-order valence-electron chi connectivity index (χ0n) is 14.4. The fourth-order valence-electron chi connectivity index (χ4n) is 3.06. The molecule has 1 atom stereocenters. The van der Waals surface area contributed by atoms with Crippen LogP contribution in [0, 0.1) is 0 Å². The number of ether oxygens (including phenoxy) is 1. The molecule has 2 aromatic carbocycles. The van der Waals surface area contributed by atoms with Crippen LogP contribution in [0.25, 0.3) is 0 Å². The van der Waals surface area contributed by atoms with Crippen LogP contribution in [-0.4, -0.2) is 36.7 Å². The molecule has 1 fully saturated rings. The second kappa shape index (κ2) is 7.88. The van der Waals surface area contributed by atoms with E-state index in [1.807, 2.05) is 29.2 Å². The Balaban J connectivity index is 1.87. The molecule has 0 bridgehead atoms. The summed E-state index contributed by atoms with van der Waals surface area (Å²) in [6.45, 7) is 1.20. The molecule has 0 radical (unpaired) electrons. The summed E-state index contributed by atoms with van der Waals surface area (Å²) in [4.78, 5) is 25.8. The highest BCUT2D eigenvalue weighted by Crippen LogP contribution is 2.25. The molecule has 1 unspecified atom stereocenters. The quantitative estimate of drug-likeness (QED) is 0.542. The molecule has 2 aromatic rings. The number of methoxy groups -OCH3 is 1. The molecule has 2 amide bonds. The number of carbonyl (C=O) groups is 2. The Morgan fingerprint density at radius 1 is 1.23 bits per heavy atom. The molecule has 1 heterocycles. The van der Waals surface area contributed by atoms with Gasteiger partial charge in [-0.05, 0) is 48.4 Å². The predicted octanol–water partition coefficient (Wildman–Crippen LogP) is 1.71. The lowest BCUT2D eigenvalue weighted by molar-refractivity contribution is -0.120. The molecule has 1 aliphatic rings. The summed E-state index contributed by atoms with van der Waals surface area (Å²) in [6, 6.07) is 14.2. The van der Waals surface area contributed by atoms with Crippen LogP contribution in [0.5, 0.6) is 5.75 Å². The number of rotatable bonds is 6. The van der Waals surface area contributed by atoms with Crippen molar-refractivity contribution < 1.29 is 19.5 Å². The molecule has 0 spiro atoms. The molecule has 0 saturated carbocycles. The molecule has 1 aliphatic heterocycles. The van der Waals surface area contributed by atoms with Gasteiger partial charge in [0.15, 0.2) is 0 Å². The van der Waals surface area contributed by atoms with E-state index in [4.69, 9.17) is 9.94 Å². The molecular formula is C19H21N3O4. The van der Waals surface area contributed by atoms with Gasteiger partial charge in [0, 0.05) is 24.3 Å². The summed E-state index contributed by atoms with van der Waals surface area (Å²) in [6.07, 6.45) is 0.716. The van der Waals surface area contributed by atoms with Crippen LogP contribution in [0.4, 0.5) is 5.69 Å². The number of hydroxylamine groups is 1. The van der Waals surface area contributed by atoms with Crippen LogP contribution in [-0.2, 0) is 11.3 Å². The van der Waals surface area contributed by atoms with Crippen molar-refractivity contribution in [2.75, 3.05) is 18.6 Å². The van der Waals surface area contributed by atoms with E-state index in [2.05, 4.69) is 5.32 Å². The first kappa shape index (κ1) is 17.8. The van der Waals surface area contributed by atoms with Gasteiger partial charge in [-0.2, -0.15) is 0 Å². The summed E-state index contributed by atoms with van der Waals surface area (Å²) in [5.41, 5.74) is 3.83. The summed E-state index contributed by atoms with van der Waals surface area (Å²) >= 11 is 0. The van der Waals surface area contributed by atoms with Crippen LogP contribution in [0.3, 0.4) is 0 Å². The van der Waals surface area contributed by atoms with E-state index < -0.39 is 5.91 Å². The molecule has 3 N–H and O–H groups in total. The number of hydrogen-bond donors (Lipinski definition) is 3. The highest BCUT2D eigenvalue weighted by molar-refractivity contribution is 5.94. The average molecular weight is 355 g/mol. The topological polar surface area (TPSA) is 90.9 Å². The maximum atomic E-state index is 12.2. The predicted molar refractivity (Wildman–Crippen MR) is 96.3 cm³/mol. The van der Waals surface area contributed by atoms with Crippen LogP contribution >= 0.6 is 0 Å². The molecule has 3 rings (SSSR count). The maximum Gasteiger partial charge on any atom is 0.274 e. The van der Waals surface area contributed by atoms with Crippen molar-refractivity contribution in [3.8, 4) is 5.75 Å². The zero-order valence-corrected chi connectivity index (χ0v) is 14.4. The number of anilines is 1. The van der Waals surface area contributed by atoms with Gasteiger partial charge < -0.3 is 15.0 Å². The van der Waals surface area contributed by atoms with E-state index >= 15 is 0 Å². The van der Waals surface area contributed by atoms with Crippen LogP contribution in [0.1, 0.15) is 22.3 Å². The van der Waals surface area contributed by atoms with E-state index in [9.17, 15) is 9.59 Å². The highest BCUT2D eigenvalue weighted by Gasteiger charge is 2.30. The minimum Gasteiger partial charge on any atom is -0.497 e. The van der Waals surface area contributed by atoms with Crippen molar-refractivity contribution in [3.63, 3.8) is 0 Å². The molecule has 0 aliphatic carbocycles. The lowest BCUT2D eigenvalue weighted by Crippen LogP contribution is -2.40. The van der Waals surface area contributed by atoms with Crippen molar-refractivity contribution >= 4 is 17.5 Å². The van der Waals surface area contributed by atoms with E-state index in [0.717, 1.165) is 17.0 Å². The van der Waals surface area contributed by atoms with Gasteiger partial charge in [-0.15, -0.1) is 0 Å². The van der Waals surface area contributed by atoms with E-state index in [1.54, 1.807) is 36.9 Å². The SMILES string of the molecule is COc1ccc(CN(c2ccc(C(=O)NO)cc2)C2CCNC2=O)cc1. The fourth-order valence-corrected chi connectivity index (χ4v) is 3.06. The van der Waals surface area contributed by atoms with Crippen LogP contribution in [0.2, 0.25) is 0 Å². The van der Waals surface area contributed by atoms with Gasteiger partial charge in [0.1, 0.15) is 11.8 Å². The van der Waals surface area contributed by atoms with Crippen molar-refractivity contribution in [1.82, 2.24) is 10.8 Å². The van der Waals surface area contributed by atoms with Crippen LogP contribution < -0.4 is 20.4 Å². The minimum atomic E-state index is -0.572. The van der Waals surface area contributed by atoms with Gasteiger partial charge in [-0.1, -0.05) is 12.1 Å². The molecule has 136 valence electrons. The van der Waals surface area contributed by atoms with Crippen molar-refractivity contribution in [2.45, 2.75) is 19.0 Å². The largest absolute Gasteiger partial charge is 0.497 e. The first-order chi connectivity index (χ1) is 12.6.